The Kier molecular flexibility index (Phi) is 3.78. The monoisotopic (exact) mass is 342 g/mol. The fourth-order valence-corrected chi connectivity index (χ4v) is 5.08. The Morgan fingerprint density at radius 2 is 2.16 bits per heavy atom. The molecule has 3 aliphatic carbocycles. The molecule has 1 heterocycles. The number of hydrogen-bond acceptors (Lipinski definition) is 3. The van der Waals surface area contributed by atoms with Crippen LogP contribution in [0.2, 0.25) is 0 Å². The van der Waals surface area contributed by atoms with Gasteiger partial charge in [0.15, 0.2) is 0 Å². The van der Waals surface area contributed by atoms with Crippen molar-refractivity contribution in [2.45, 2.75) is 63.5 Å². The first-order chi connectivity index (χ1) is 12.0. The third-order valence-electron chi connectivity index (χ3n) is 6.13. The number of unbranched alkanes of at least 4 members (excludes halogenated alkanes) is 1. The molecular formula is C20H26N2O3. The van der Waals surface area contributed by atoms with Crippen LogP contribution in [0.4, 0.5) is 4.79 Å². The smallest absolute Gasteiger partial charge is 0.405 e. The highest BCUT2D eigenvalue weighted by molar-refractivity contribution is 6.09. The number of nitrogens with zero attached hydrogens (tertiary/aromatic N) is 1. The highest BCUT2D eigenvalue weighted by Crippen LogP contribution is 2.69. The van der Waals surface area contributed by atoms with Crippen LogP contribution in [0.25, 0.3) is 0 Å². The topological polar surface area (TPSA) is 70.9 Å². The van der Waals surface area contributed by atoms with Crippen molar-refractivity contribution in [3.63, 3.8) is 0 Å². The molecule has 134 valence electrons. The lowest BCUT2D eigenvalue weighted by atomic mass is 9.37. The lowest BCUT2D eigenvalue weighted by Crippen LogP contribution is -2.77. The number of nitrogens with one attached hydrogen (secondary N) is 1. The molecule has 1 aliphatic heterocycles. The van der Waals surface area contributed by atoms with Crippen molar-refractivity contribution in [1.29, 1.82) is 0 Å². The number of benzene rings is 1. The van der Waals surface area contributed by atoms with Gasteiger partial charge in [-0.05, 0) is 61.4 Å². The molecule has 2 N–H and O–H groups in total. The van der Waals surface area contributed by atoms with Gasteiger partial charge >= 0.3 is 6.09 Å². The zero-order valence-corrected chi connectivity index (χ0v) is 15.0. The molecule has 0 unspecified atom stereocenters. The average Bonchev–Trinajstić information content (AvgIpc) is 2.53. The summed E-state index contributed by atoms with van der Waals surface area (Å²) in [6, 6.07) is 6.64. The van der Waals surface area contributed by atoms with E-state index in [1.54, 1.807) is 7.11 Å². The molecule has 1 amide bonds. The van der Waals surface area contributed by atoms with Crippen molar-refractivity contribution in [3.05, 3.63) is 29.3 Å². The van der Waals surface area contributed by atoms with Gasteiger partial charge in [0.1, 0.15) is 5.75 Å². The van der Waals surface area contributed by atoms with E-state index in [9.17, 15) is 4.79 Å². The minimum absolute atomic E-state index is 0.0800. The molecule has 5 heteroatoms. The van der Waals surface area contributed by atoms with Crippen LogP contribution in [0.15, 0.2) is 23.2 Å². The van der Waals surface area contributed by atoms with E-state index >= 15 is 0 Å². The van der Waals surface area contributed by atoms with Gasteiger partial charge in [-0.3, -0.25) is 4.99 Å². The maximum absolute atomic E-state index is 11.0. The quantitative estimate of drug-likeness (QED) is 0.826. The predicted octanol–water partition coefficient (Wildman–Crippen LogP) is 3.79. The second-order valence-corrected chi connectivity index (χ2v) is 8.02. The Morgan fingerprint density at radius 1 is 1.40 bits per heavy atom. The molecule has 0 saturated heterocycles. The first kappa shape index (κ1) is 16.4. The lowest BCUT2D eigenvalue weighted by molar-refractivity contribution is -0.0938. The second kappa shape index (κ2) is 5.75. The summed E-state index contributed by atoms with van der Waals surface area (Å²) in [5.41, 5.74) is 3.67. The molecule has 2 bridgehead atoms. The van der Waals surface area contributed by atoms with E-state index in [2.05, 4.69) is 24.4 Å². The van der Waals surface area contributed by atoms with Crippen LogP contribution in [0.1, 0.15) is 56.6 Å². The molecule has 1 aromatic carbocycles. The minimum Gasteiger partial charge on any atom is -0.497 e. The number of hydrogen-bond donors (Lipinski definition) is 2. The summed E-state index contributed by atoms with van der Waals surface area (Å²) in [5.74, 6) is 0.899. The molecule has 3 saturated carbocycles. The van der Waals surface area contributed by atoms with E-state index in [1.807, 2.05) is 6.07 Å². The molecule has 0 spiro atoms. The van der Waals surface area contributed by atoms with Crippen molar-refractivity contribution in [3.8, 4) is 5.75 Å². The van der Waals surface area contributed by atoms with E-state index in [-0.39, 0.29) is 11.0 Å². The number of aliphatic imine (C=N–C) groups is 1. The van der Waals surface area contributed by atoms with Gasteiger partial charge in [0.2, 0.25) is 0 Å². The normalized spacial score (nSPS) is 31.9. The van der Waals surface area contributed by atoms with E-state index in [0.29, 0.717) is 6.04 Å². The fourth-order valence-electron chi connectivity index (χ4n) is 5.08. The van der Waals surface area contributed by atoms with E-state index < -0.39 is 6.09 Å². The van der Waals surface area contributed by atoms with E-state index in [0.717, 1.165) is 37.9 Å². The summed E-state index contributed by atoms with van der Waals surface area (Å²) < 4.78 is 5.41. The van der Waals surface area contributed by atoms with Gasteiger partial charge in [0, 0.05) is 16.7 Å². The van der Waals surface area contributed by atoms with Crippen molar-refractivity contribution < 1.29 is 14.6 Å². The van der Waals surface area contributed by atoms with Crippen molar-refractivity contribution in [2.75, 3.05) is 7.11 Å². The SMILES string of the molecule is CCCC[C@H]1Cc2cc(OC)ccc2C(C23CC(NC(=O)O)(C2)C3)=N1. The van der Waals surface area contributed by atoms with Crippen LogP contribution in [0, 0.1) is 5.41 Å². The van der Waals surface area contributed by atoms with Gasteiger partial charge in [-0.1, -0.05) is 19.8 Å². The number of ether oxygens (including phenoxy) is 1. The minimum atomic E-state index is -0.912. The number of methoxy groups -OCH3 is 1. The van der Waals surface area contributed by atoms with Crippen LogP contribution >= 0.6 is 0 Å². The van der Waals surface area contributed by atoms with Crippen molar-refractivity contribution in [2.24, 2.45) is 10.4 Å². The second-order valence-electron chi connectivity index (χ2n) is 8.02. The van der Waals surface area contributed by atoms with Crippen LogP contribution < -0.4 is 10.1 Å². The molecule has 25 heavy (non-hydrogen) atoms. The molecule has 5 rings (SSSR count). The third-order valence-corrected chi connectivity index (χ3v) is 6.13. The zero-order chi connectivity index (χ0) is 17.7. The Morgan fingerprint density at radius 3 is 2.80 bits per heavy atom. The highest BCUT2D eigenvalue weighted by atomic mass is 16.5. The number of fused-ring (bicyclic) bond motifs is 1. The first-order valence-electron chi connectivity index (χ1n) is 9.26. The summed E-state index contributed by atoms with van der Waals surface area (Å²) in [4.78, 5) is 16.2. The summed E-state index contributed by atoms with van der Waals surface area (Å²) in [7, 11) is 1.70. The third kappa shape index (κ3) is 2.60. The van der Waals surface area contributed by atoms with Gasteiger partial charge in [-0.15, -0.1) is 0 Å². The Bertz CT molecular complexity index is 721. The van der Waals surface area contributed by atoms with Gasteiger partial charge < -0.3 is 15.2 Å². The van der Waals surface area contributed by atoms with Gasteiger partial charge in [0.25, 0.3) is 0 Å². The van der Waals surface area contributed by atoms with Crippen LogP contribution in [-0.2, 0) is 6.42 Å². The van der Waals surface area contributed by atoms with Crippen LogP contribution in [0.3, 0.4) is 0 Å². The largest absolute Gasteiger partial charge is 0.497 e. The number of carboxylic acid groups (broad SMARTS) is 1. The van der Waals surface area contributed by atoms with Crippen molar-refractivity contribution >= 4 is 11.8 Å². The lowest BCUT2D eigenvalue weighted by Gasteiger charge is -2.70. The van der Waals surface area contributed by atoms with Crippen LogP contribution in [0.5, 0.6) is 5.75 Å². The predicted molar refractivity (Wildman–Crippen MR) is 96.7 cm³/mol. The molecular weight excluding hydrogens is 316 g/mol. The molecule has 4 aliphatic rings. The average molecular weight is 342 g/mol. The summed E-state index contributed by atoms with van der Waals surface area (Å²) in [6.45, 7) is 2.22. The Balaban J connectivity index is 1.62. The van der Waals surface area contributed by atoms with Gasteiger partial charge in [-0.25, -0.2) is 4.79 Å². The van der Waals surface area contributed by atoms with Crippen molar-refractivity contribution in [1.82, 2.24) is 5.32 Å². The maximum Gasteiger partial charge on any atom is 0.405 e. The number of rotatable bonds is 6. The zero-order valence-electron chi connectivity index (χ0n) is 15.0. The Labute approximate surface area is 148 Å². The molecule has 1 aromatic rings. The maximum atomic E-state index is 11.0. The number of amides is 1. The molecule has 3 fully saturated rings. The standard InChI is InChI=1S/C20H26N2O3/c1-3-4-5-14-8-13-9-15(25-2)6-7-16(13)17(21-14)19-10-20(11-19,12-19)22-18(23)24/h6-7,9,14,22H,3-5,8,10-12H2,1-2H3,(H,23,24)/t14-,19?,20?/m0/s1. The van der Waals surface area contributed by atoms with Crippen LogP contribution in [-0.4, -0.2) is 35.6 Å². The summed E-state index contributed by atoms with van der Waals surface area (Å²) >= 11 is 0. The molecule has 5 nitrogen and oxygen atoms in total. The van der Waals surface area contributed by atoms with Gasteiger partial charge in [0.05, 0.1) is 13.2 Å². The molecule has 1 atom stereocenters. The summed E-state index contributed by atoms with van der Waals surface area (Å²) in [5, 5.41) is 11.7. The first-order valence-corrected chi connectivity index (χ1v) is 9.26. The highest BCUT2D eigenvalue weighted by Gasteiger charge is 2.71. The molecule has 0 radical (unpaired) electrons. The van der Waals surface area contributed by atoms with E-state index in [1.165, 1.54) is 29.7 Å². The van der Waals surface area contributed by atoms with Gasteiger partial charge in [-0.2, -0.15) is 0 Å². The Hall–Kier alpha value is -2.04. The molecule has 0 aromatic heterocycles. The van der Waals surface area contributed by atoms with E-state index in [4.69, 9.17) is 14.8 Å². The fraction of sp³-hybridized carbons (Fsp3) is 0.600. The number of carbonyl (C=O) groups is 1. The summed E-state index contributed by atoms with van der Waals surface area (Å²) in [6.07, 6.45) is 6.22.